The van der Waals surface area contributed by atoms with Crippen LogP contribution in [0.15, 0.2) is 42.5 Å². The Morgan fingerprint density at radius 3 is 2.66 bits per heavy atom. The SMILES string of the molecule is CN(C)C(=O)c1ccc2c(c1)N(CC(=O)NCc1ccccc1Cl)C(=O)[C@@H]1CCCCN21. The van der Waals surface area contributed by atoms with E-state index in [0.29, 0.717) is 16.3 Å². The molecule has 2 heterocycles. The molecule has 32 heavy (non-hydrogen) atoms. The maximum atomic E-state index is 13.4. The number of nitrogens with one attached hydrogen (secondary N) is 1. The van der Waals surface area contributed by atoms with E-state index in [1.165, 1.54) is 9.80 Å². The van der Waals surface area contributed by atoms with E-state index < -0.39 is 0 Å². The molecule has 2 aliphatic heterocycles. The third-order valence-electron chi connectivity index (χ3n) is 6.02. The minimum absolute atomic E-state index is 0.0976. The molecular weight excluding hydrogens is 428 g/mol. The van der Waals surface area contributed by atoms with Crippen LogP contribution >= 0.6 is 11.6 Å². The molecule has 1 saturated heterocycles. The van der Waals surface area contributed by atoms with E-state index in [1.54, 1.807) is 32.3 Å². The molecule has 2 aliphatic rings. The van der Waals surface area contributed by atoms with Gasteiger partial charge in [-0.25, -0.2) is 0 Å². The molecule has 0 spiro atoms. The summed E-state index contributed by atoms with van der Waals surface area (Å²) in [5.74, 6) is -0.526. The van der Waals surface area contributed by atoms with Crippen LogP contribution in [0.1, 0.15) is 35.2 Å². The van der Waals surface area contributed by atoms with Crippen molar-refractivity contribution in [1.29, 1.82) is 0 Å². The van der Waals surface area contributed by atoms with Gasteiger partial charge in [-0.05, 0) is 49.1 Å². The highest BCUT2D eigenvalue weighted by atomic mass is 35.5. The van der Waals surface area contributed by atoms with Crippen LogP contribution in [0.5, 0.6) is 0 Å². The van der Waals surface area contributed by atoms with Crippen molar-refractivity contribution in [3.63, 3.8) is 0 Å². The van der Waals surface area contributed by atoms with Crippen molar-refractivity contribution in [3.8, 4) is 0 Å². The number of hydrogen-bond donors (Lipinski definition) is 1. The largest absolute Gasteiger partial charge is 0.358 e. The number of hydrogen-bond acceptors (Lipinski definition) is 4. The average molecular weight is 455 g/mol. The number of fused-ring (bicyclic) bond motifs is 3. The Bertz CT molecular complexity index is 1060. The molecule has 0 aliphatic carbocycles. The topological polar surface area (TPSA) is 73.0 Å². The van der Waals surface area contributed by atoms with E-state index in [4.69, 9.17) is 11.6 Å². The van der Waals surface area contributed by atoms with Gasteiger partial charge in [0.1, 0.15) is 12.6 Å². The standard InChI is InChI=1S/C24H27ClN4O3/c1-27(2)23(31)16-10-11-19-21(13-16)29(24(32)20-9-5-6-12-28(19)20)15-22(30)26-14-17-7-3-4-8-18(17)25/h3-4,7-8,10-11,13,20H,5-6,9,12,14-15H2,1-2H3,(H,26,30)/t20-/m0/s1. The number of rotatable bonds is 5. The highest BCUT2D eigenvalue weighted by molar-refractivity contribution is 6.31. The molecule has 1 fully saturated rings. The Kier molecular flexibility index (Phi) is 6.37. The summed E-state index contributed by atoms with van der Waals surface area (Å²) in [5, 5.41) is 3.44. The summed E-state index contributed by atoms with van der Waals surface area (Å²) in [6.45, 7) is 0.958. The molecule has 1 N–H and O–H groups in total. The quantitative estimate of drug-likeness (QED) is 0.753. The third-order valence-corrected chi connectivity index (χ3v) is 6.39. The molecule has 4 rings (SSSR count). The fourth-order valence-electron chi connectivity index (χ4n) is 4.35. The van der Waals surface area contributed by atoms with Gasteiger partial charge in [0.2, 0.25) is 11.8 Å². The first kappa shape index (κ1) is 22.1. The first-order valence-electron chi connectivity index (χ1n) is 10.8. The average Bonchev–Trinajstić information content (AvgIpc) is 2.80. The Morgan fingerprint density at radius 2 is 1.91 bits per heavy atom. The fourth-order valence-corrected chi connectivity index (χ4v) is 4.55. The molecule has 0 radical (unpaired) electrons. The smallest absolute Gasteiger partial charge is 0.253 e. The van der Waals surface area contributed by atoms with Crippen molar-refractivity contribution in [3.05, 3.63) is 58.6 Å². The van der Waals surface area contributed by atoms with Gasteiger partial charge in [-0.15, -0.1) is 0 Å². The lowest BCUT2D eigenvalue weighted by molar-refractivity contribution is -0.125. The third kappa shape index (κ3) is 4.30. The highest BCUT2D eigenvalue weighted by Gasteiger charge is 2.40. The molecule has 0 unspecified atom stereocenters. The number of nitrogens with zero attached hydrogens (tertiary/aromatic N) is 3. The van der Waals surface area contributed by atoms with Gasteiger partial charge >= 0.3 is 0 Å². The molecule has 168 valence electrons. The van der Waals surface area contributed by atoms with E-state index in [2.05, 4.69) is 10.2 Å². The first-order valence-corrected chi connectivity index (χ1v) is 11.2. The van der Waals surface area contributed by atoms with E-state index in [9.17, 15) is 14.4 Å². The number of benzene rings is 2. The maximum absolute atomic E-state index is 13.4. The number of halogens is 1. The van der Waals surface area contributed by atoms with Crippen LogP contribution in [-0.4, -0.2) is 55.8 Å². The Morgan fingerprint density at radius 1 is 1.12 bits per heavy atom. The molecular formula is C24H27ClN4O3. The van der Waals surface area contributed by atoms with Crippen molar-refractivity contribution in [2.45, 2.75) is 31.8 Å². The van der Waals surface area contributed by atoms with Gasteiger partial charge in [0.05, 0.1) is 11.4 Å². The van der Waals surface area contributed by atoms with Crippen LogP contribution in [0.25, 0.3) is 0 Å². The minimum Gasteiger partial charge on any atom is -0.358 e. The summed E-state index contributed by atoms with van der Waals surface area (Å²) < 4.78 is 0. The second-order valence-electron chi connectivity index (χ2n) is 8.40. The molecule has 0 aromatic heterocycles. The predicted octanol–water partition coefficient (Wildman–Crippen LogP) is 3.06. The lowest BCUT2D eigenvalue weighted by atomic mass is 9.95. The summed E-state index contributed by atoms with van der Waals surface area (Å²) in [7, 11) is 3.38. The van der Waals surface area contributed by atoms with Crippen molar-refractivity contribution in [2.24, 2.45) is 0 Å². The molecule has 2 aromatic rings. The molecule has 0 bridgehead atoms. The Balaban J connectivity index is 1.61. The maximum Gasteiger partial charge on any atom is 0.253 e. The monoisotopic (exact) mass is 454 g/mol. The first-order chi connectivity index (χ1) is 15.4. The molecule has 1 atom stereocenters. The van der Waals surface area contributed by atoms with Crippen LogP contribution in [0.3, 0.4) is 0 Å². The van der Waals surface area contributed by atoms with E-state index in [0.717, 1.165) is 37.1 Å². The van der Waals surface area contributed by atoms with Gasteiger partial charge in [0.25, 0.3) is 5.91 Å². The van der Waals surface area contributed by atoms with Crippen molar-refractivity contribution in [1.82, 2.24) is 10.2 Å². The van der Waals surface area contributed by atoms with Gasteiger partial charge in [-0.2, -0.15) is 0 Å². The number of carbonyl (C=O) groups excluding carboxylic acids is 3. The summed E-state index contributed by atoms with van der Waals surface area (Å²) in [6.07, 6.45) is 2.75. The predicted molar refractivity (Wildman–Crippen MR) is 125 cm³/mol. The van der Waals surface area contributed by atoms with E-state index in [1.807, 2.05) is 24.3 Å². The van der Waals surface area contributed by atoms with Crippen LogP contribution in [-0.2, 0) is 16.1 Å². The van der Waals surface area contributed by atoms with E-state index in [-0.39, 0.29) is 36.9 Å². The van der Waals surface area contributed by atoms with Gasteiger partial charge in [-0.1, -0.05) is 29.8 Å². The summed E-state index contributed by atoms with van der Waals surface area (Å²) in [5.41, 5.74) is 2.79. The summed E-state index contributed by atoms with van der Waals surface area (Å²) in [4.78, 5) is 43.9. The number of carbonyl (C=O) groups is 3. The zero-order valence-electron chi connectivity index (χ0n) is 18.3. The van der Waals surface area contributed by atoms with Crippen LogP contribution in [0.2, 0.25) is 5.02 Å². The van der Waals surface area contributed by atoms with E-state index >= 15 is 0 Å². The number of piperidine rings is 1. The Labute approximate surface area is 192 Å². The van der Waals surface area contributed by atoms with Crippen molar-refractivity contribution in [2.75, 3.05) is 37.0 Å². The second-order valence-corrected chi connectivity index (χ2v) is 8.81. The number of anilines is 2. The fraction of sp³-hybridized carbons (Fsp3) is 0.375. The van der Waals surface area contributed by atoms with Crippen molar-refractivity contribution < 1.29 is 14.4 Å². The Hall–Kier alpha value is -3.06. The van der Waals surface area contributed by atoms with Gasteiger partial charge in [-0.3, -0.25) is 19.3 Å². The molecule has 2 aromatic carbocycles. The molecule has 8 heteroatoms. The van der Waals surface area contributed by atoms with Crippen LogP contribution in [0.4, 0.5) is 11.4 Å². The van der Waals surface area contributed by atoms with Gasteiger partial charge < -0.3 is 15.1 Å². The van der Waals surface area contributed by atoms with Crippen molar-refractivity contribution >= 4 is 40.7 Å². The number of amides is 3. The normalized spacial score (nSPS) is 17.5. The highest BCUT2D eigenvalue weighted by Crippen LogP contribution is 2.40. The van der Waals surface area contributed by atoms with Crippen LogP contribution < -0.4 is 15.1 Å². The minimum atomic E-state index is -0.280. The zero-order valence-corrected chi connectivity index (χ0v) is 19.1. The summed E-state index contributed by atoms with van der Waals surface area (Å²) >= 11 is 6.18. The molecule has 3 amide bonds. The summed E-state index contributed by atoms with van der Waals surface area (Å²) in [6, 6.07) is 12.4. The lowest BCUT2D eigenvalue weighted by Gasteiger charge is -2.45. The molecule has 7 nitrogen and oxygen atoms in total. The molecule has 0 saturated carbocycles. The second kappa shape index (κ2) is 9.20. The van der Waals surface area contributed by atoms with Gasteiger partial charge in [0, 0.05) is 37.8 Å². The van der Waals surface area contributed by atoms with Crippen LogP contribution in [0, 0.1) is 0 Å². The zero-order chi connectivity index (χ0) is 22.8. The van der Waals surface area contributed by atoms with Gasteiger partial charge in [0.15, 0.2) is 0 Å². The lowest BCUT2D eigenvalue weighted by Crippen LogP contribution is -2.57.